The number of ether oxygens (including phenoxy) is 1. The molecular weight excluding hydrogens is 373 g/mol. The summed E-state index contributed by atoms with van der Waals surface area (Å²) in [4.78, 5) is 11.5. The average molecular weight is 380 g/mol. The van der Waals surface area contributed by atoms with E-state index in [9.17, 15) is 18.0 Å². The van der Waals surface area contributed by atoms with Crippen LogP contribution < -0.4 is 5.56 Å². The quantitative estimate of drug-likeness (QED) is 0.754. The number of aromatic nitrogens is 2. The van der Waals surface area contributed by atoms with Crippen LogP contribution in [0.3, 0.4) is 0 Å². The Balaban J connectivity index is 2.54. The number of hydrogen-bond donors (Lipinski definition) is 0. The average Bonchev–Trinajstić information content (AvgIpc) is 2.22. The van der Waals surface area contributed by atoms with Crippen LogP contribution in [-0.2, 0) is 11.3 Å². The maximum Gasteiger partial charge on any atom is 0.411 e. The molecule has 0 aliphatic heterocycles. The van der Waals surface area contributed by atoms with Crippen molar-refractivity contribution in [3.05, 3.63) is 25.5 Å². The zero-order valence-electron chi connectivity index (χ0n) is 8.30. The van der Waals surface area contributed by atoms with Crippen molar-refractivity contribution in [2.45, 2.75) is 12.7 Å². The summed E-state index contributed by atoms with van der Waals surface area (Å²) in [5.41, 5.74) is -0.435. The van der Waals surface area contributed by atoms with E-state index >= 15 is 0 Å². The molecule has 0 N–H and O–H groups in total. The van der Waals surface area contributed by atoms with Crippen LogP contribution >= 0.6 is 31.9 Å². The fraction of sp³-hybridized carbons (Fsp3) is 0.500. The van der Waals surface area contributed by atoms with Crippen molar-refractivity contribution in [3.63, 3.8) is 0 Å². The van der Waals surface area contributed by atoms with Crippen LogP contribution in [0.15, 0.2) is 19.9 Å². The largest absolute Gasteiger partial charge is 0.411 e. The Kier molecular flexibility index (Phi) is 5.14. The highest BCUT2D eigenvalue weighted by Gasteiger charge is 2.27. The molecule has 1 aromatic rings. The third-order valence-electron chi connectivity index (χ3n) is 1.66. The topological polar surface area (TPSA) is 44.1 Å². The third kappa shape index (κ3) is 4.76. The Morgan fingerprint density at radius 2 is 2.06 bits per heavy atom. The first kappa shape index (κ1) is 14.7. The van der Waals surface area contributed by atoms with E-state index in [0.29, 0.717) is 4.47 Å². The Labute approximate surface area is 111 Å². The lowest BCUT2D eigenvalue weighted by molar-refractivity contribution is -0.174. The normalized spacial score (nSPS) is 11.8. The van der Waals surface area contributed by atoms with Crippen LogP contribution in [0.1, 0.15) is 0 Å². The Hall–Kier alpha value is -0.410. The highest BCUT2D eigenvalue weighted by atomic mass is 79.9. The molecule has 0 aromatic carbocycles. The Morgan fingerprint density at radius 3 is 2.65 bits per heavy atom. The predicted molar refractivity (Wildman–Crippen MR) is 60.8 cm³/mol. The summed E-state index contributed by atoms with van der Waals surface area (Å²) in [6, 6.07) is 0. The van der Waals surface area contributed by atoms with Gasteiger partial charge in [-0.15, -0.1) is 0 Å². The van der Waals surface area contributed by atoms with Gasteiger partial charge in [0.05, 0.1) is 23.8 Å². The SMILES string of the molecule is O=c1c(Br)c(Br)cnn1CCOCC(F)(F)F. The van der Waals surface area contributed by atoms with Gasteiger partial charge in [-0.2, -0.15) is 18.3 Å². The number of halogens is 5. The zero-order chi connectivity index (χ0) is 13.1. The van der Waals surface area contributed by atoms with Crippen molar-refractivity contribution in [1.82, 2.24) is 9.78 Å². The molecule has 1 heterocycles. The molecule has 0 spiro atoms. The molecule has 0 saturated carbocycles. The molecule has 0 atom stereocenters. The summed E-state index contributed by atoms with van der Waals surface area (Å²) in [6.07, 6.45) is -2.99. The van der Waals surface area contributed by atoms with Crippen LogP contribution in [0.25, 0.3) is 0 Å². The Bertz CT molecular complexity index is 447. The lowest BCUT2D eigenvalue weighted by Crippen LogP contribution is -2.27. The standard InChI is InChI=1S/C8H7Br2F3N2O2/c9-5-3-14-15(7(16)6(5)10)1-2-17-4-8(11,12)13/h3H,1-2,4H2. The molecule has 96 valence electrons. The van der Waals surface area contributed by atoms with Gasteiger partial charge in [-0.3, -0.25) is 4.79 Å². The lowest BCUT2D eigenvalue weighted by Gasteiger charge is -2.08. The van der Waals surface area contributed by atoms with Crippen molar-refractivity contribution in [3.8, 4) is 0 Å². The summed E-state index contributed by atoms with van der Waals surface area (Å²) in [6.45, 7) is -1.61. The van der Waals surface area contributed by atoms with Crippen LogP contribution in [-0.4, -0.2) is 29.2 Å². The highest BCUT2D eigenvalue weighted by molar-refractivity contribution is 9.13. The van der Waals surface area contributed by atoms with Gasteiger partial charge in [-0.05, 0) is 31.9 Å². The van der Waals surface area contributed by atoms with Gasteiger partial charge in [0.25, 0.3) is 5.56 Å². The van der Waals surface area contributed by atoms with Crippen molar-refractivity contribution in [2.24, 2.45) is 0 Å². The fourth-order valence-corrected chi connectivity index (χ4v) is 1.51. The van der Waals surface area contributed by atoms with Crippen molar-refractivity contribution in [1.29, 1.82) is 0 Å². The van der Waals surface area contributed by atoms with Crippen molar-refractivity contribution in [2.75, 3.05) is 13.2 Å². The molecule has 0 fully saturated rings. The first-order valence-electron chi connectivity index (χ1n) is 4.37. The highest BCUT2D eigenvalue weighted by Crippen LogP contribution is 2.16. The van der Waals surface area contributed by atoms with Gasteiger partial charge in [0, 0.05) is 0 Å². The maximum absolute atomic E-state index is 11.8. The zero-order valence-corrected chi connectivity index (χ0v) is 11.5. The molecule has 0 amide bonds. The molecule has 9 heteroatoms. The summed E-state index contributed by atoms with van der Waals surface area (Å²) < 4.78 is 41.4. The maximum atomic E-state index is 11.8. The first-order chi connectivity index (χ1) is 7.81. The number of nitrogens with zero attached hydrogens (tertiary/aromatic N) is 2. The number of hydrogen-bond acceptors (Lipinski definition) is 3. The van der Waals surface area contributed by atoms with Gasteiger partial charge in [-0.1, -0.05) is 0 Å². The van der Waals surface area contributed by atoms with E-state index in [1.807, 2.05) is 0 Å². The van der Waals surface area contributed by atoms with E-state index in [4.69, 9.17) is 0 Å². The van der Waals surface area contributed by atoms with Gasteiger partial charge < -0.3 is 4.74 Å². The molecule has 0 aliphatic carbocycles. The third-order valence-corrected chi connectivity index (χ3v) is 3.56. The number of alkyl halides is 3. The fourth-order valence-electron chi connectivity index (χ4n) is 0.943. The summed E-state index contributed by atoms with van der Waals surface area (Å²) in [7, 11) is 0. The monoisotopic (exact) mass is 378 g/mol. The summed E-state index contributed by atoms with van der Waals surface area (Å²) in [5.74, 6) is 0. The van der Waals surface area contributed by atoms with Crippen molar-refractivity contribution < 1.29 is 17.9 Å². The molecule has 0 radical (unpaired) electrons. The lowest BCUT2D eigenvalue weighted by atomic mass is 10.5. The summed E-state index contributed by atoms with van der Waals surface area (Å²) >= 11 is 6.12. The second-order valence-corrected chi connectivity index (χ2v) is 4.65. The molecule has 0 unspecified atom stereocenters. The smallest absolute Gasteiger partial charge is 0.370 e. The van der Waals surface area contributed by atoms with E-state index in [2.05, 4.69) is 41.7 Å². The molecule has 1 aromatic heterocycles. The molecule has 17 heavy (non-hydrogen) atoms. The number of rotatable bonds is 4. The first-order valence-corrected chi connectivity index (χ1v) is 5.95. The van der Waals surface area contributed by atoms with E-state index in [1.165, 1.54) is 6.20 Å². The second kappa shape index (κ2) is 5.96. The molecular formula is C8H7Br2F3N2O2. The van der Waals surface area contributed by atoms with E-state index in [1.54, 1.807) is 0 Å². The minimum Gasteiger partial charge on any atom is -0.370 e. The molecule has 0 aliphatic rings. The van der Waals surface area contributed by atoms with E-state index < -0.39 is 18.3 Å². The van der Waals surface area contributed by atoms with Gasteiger partial charge in [0.1, 0.15) is 11.1 Å². The second-order valence-electron chi connectivity index (χ2n) is 3.00. The van der Waals surface area contributed by atoms with Crippen LogP contribution in [0.2, 0.25) is 0 Å². The minimum atomic E-state index is -4.36. The van der Waals surface area contributed by atoms with Crippen LogP contribution in [0.5, 0.6) is 0 Å². The molecule has 0 saturated heterocycles. The van der Waals surface area contributed by atoms with E-state index in [-0.39, 0.29) is 17.6 Å². The Morgan fingerprint density at radius 1 is 1.41 bits per heavy atom. The predicted octanol–water partition coefficient (Wildman–Crippen LogP) is 2.35. The van der Waals surface area contributed by atoms with Gasteiger partial charge >= 0.3 is 6.18 Å². The van der Waals surface area contributed by atoms with Crippen molar-refractivity contribution >= 4 is 31.9 Å². The molecule has 0 bridgehead atoms. The summed E-state index contributed by atoms with van der Waals surface area (Å²) in [5, 5.41) is 3.74. The molecule has 1 rings (SSSR count). The van der Waals surface area contributed by atoms with Gasteiger partial charge in [-0.25, -0.2) is 4.68 Å². The minimum absolute atomic E-state index is 0.0409. The van der Waals surface area contributed by atoms with Crippen LogP contribution in [0.4, 0.5) is 13.2 Å². The van der Waals surface area contributed by atoms with Gasteiger partial charge in [0.15, 0.2) is 0 Å². The molecule has 4 nitrogen and oxygen atoms in total. The van der Waals surface area contributed by atoms with Gasteiger partial charge in [0.2, 0.25) is 0 Å². The van der Waals surface area contributed by atoms with Crippen LogP contribution in [0, 0.1) is 0 Å². The van der Waals surface area contributed by atoms with E-state index in [0.717, 1.165) is 4.68 Å².